The number of unbranched alkanes of at least 4 members (excludes halogenated alkanes) is 1. The summed E-state index contributed by atoms with van der Waals surface area (Å²) in [7, 11) is 0. The van der Waals surface area contributed by atoms with Crippen molar-refractivity contribution in [2.45, 2.75) is 102 Å². The first kappa shape index (κ1) is 48.6. The monoisotopic (exact) mass is 981 g/mol. The standard InChI is InChI=1S/C72H72N2O/c1-4-52-28-32-54(33-29-52)56-36-44-70-66(47-56)67-48-57(37-45-71(67)74(70)60-24-13-8-14-25-60)55-34-38-61(39-35-55)73(59-22-11-7-12-23-59)62-40-43-65-64-26-15-16-27-68(64)72(69(65)49-62,58-20-9-6-10-21-58)46-18-17-19-51(3)50-75-63-41-30-53(5-2)31-42-63/h4-6,8-9,11,13-16,20,22-34,37-38,40-45,49,51,56-57,66H,1-2,7,10,12,17-19,21,35-36,39,46-48,50H2,3H3. The summed E-state index contributed by atoms with van der Waals surface area (Å²) in [4.78, 5) is 5.20. The molecule has 1 heterocycles. The van der Waals surface area contributed by atoms with Crippen molar-refractivity contribution in [3.63, 3.8) is 0 Å². The summed E-state index contributed by atoms with van der Waals surface area (Å²) in [5.41, 5.74) is 22.1. The number of nitrogens with zero attached hydrogens (tertiary/aromatic N) is 2. The fourth-order valence-electron chi connectivity index (χ4n) is 13.7. The second-order valence-corrected chi connectivity index (χ2v) is 22.1. The maximum atomic E-state index is 6.27. The van der Waals surface area contributed by atoms with Crippen molar-refractivity contribution in [1.82, 2.24) is 0 Å². The van der Waals surface area contributed by atoms with Crippen LogP contribution >= 0.6 is 0 Å². The summed E-state index contributed by atoms with van der Waals surface area (Å²) in [6, 6.07) is 45.3. The lowest BCUT2D eigenvalue weighted by Gasteiger charge is -2.38. The molecule has 7 aliphatic rings. The molecule has 1 aliphatic heterocycles. The van der Waals surface area contributed by atoms with Gasteiger partial charge in [0.1, 0.15) is 5.75 Å². The molecule has 3 nitrogen and oxygen atoms in total. The summed E-state index contributed by atoms with van der Waals surface area (Å²) in [5.74, 6) is 2.70. The van der Waals surface area contributed by atoms with Crippen LogP contribution in [-0.4, -0.2) is 6.61 Å². The Hall–Kier alpha value is -7.36. The Balaban J connectivity index is 0.830. The summed E-state index contributed by atoms with van der Waals surface area (Å²) in [5, 5.41) is 0. The minimum absolute atomic E-state index is 0.184. The smallest absolute Gasteiger partial charge is 0.119 e. The van der Waals surface area contributed by atoms with E-state index in [4.69, 9.17) is 4.74 Å². The molecule has 5 aromatic rings. The van der Waals surface area contributed by atoms with E-state index in [0.717, 1.165) is 101 Å². The van der Waals surface area contributed by atoms with Gasteiger partial charge in [-0.3, -0.25) is 0 Å². The van der Waals surface area contributed by atoms with E-state index in [1.54, 1.807) is 16.7 Å². The van der Waals surface area contributed by atoms with Crippen LogP contribution in [0.5, 0.6) is 5.75 Å². The molecule has 3 heteroatoms. The summed E-state index contributed by atoms with van der Waals surface area (Å²) in [6.07, 6.45) is 44.9. The lowest BCUT2D eigenvalue weighted by molar-refractivity contribution is 0.248. The molecule has 0 N–H and O–H groups in total. The second-order valence-electron chi connectivity index (χ2n) is 22.1. The van der Waals surface area contributed by atoms with Gasteiger partial charge in [-0.25, -0.2) is 0 Å². The van der Waals surface area contributed by atoms with Gasteiger partial charge in [-0.1, -0.05) is 190 Å². The van der Waals surface area contributed by atoms with Gasteiger partial charge in [-0.15, -0.1) is 0 Å². The fraction of sp³-hybridized carbons (Fsp3) is 0.278. The fourth-order valence-corrected chi connectivity index (χ4v) is 13.7. The maximum absolute atomic E-state index is 6.27. The lowest BCUT2D eigenvalue weighted by atomic mass is 9.66. The quantitative estimate of drug-likeness (QED) is 0.0864. The van der Waals surface area contributed by atoms with Crippen LogP contribution in [0.3, 0.4) is 0 Å². The minimum atomic E-state index is -0.184. The zero-order chi connectivity index (χ0) is 50.7. The average molecular weight is 981 g/mol. The summed E-state index contributed by atoms with van der Waals surface area (Å²) >= 11 is 0. The zero-order valence-electron chi connectivity index (χ0n) is 44.0. The number of fused-ring (bicyclic) bond motifs is 5. The van der Waals surface area contributed by atoms with Crippen LogP contribution in [-0.2, 0) is 5.41 Å². The molecule has 5 aromatic carbocycles. The summed E-state index contributed by atoms with van der Waals surface area (Å²) < 4.78 is 6.27. The largest absolute Gasteiger partial charge is 0.493 e. The molecular formula is C72H72N2O. The van der Waals surface area contributed by atoms with Gasteiger partial charge in [0.05, 0.1) is 6.61 Å². The highest BCUT2D eigenvalue weighted by Gasteiger charge is 2.46. The number of rotatable bonds is 17. The van der Waals surface area contributed by atoms with Crippen molar-refractivity contribution in [1.29, 1.82) is 0 Å². The first-order valence-corrected chi connectivity index (χ1v) is 28.2. The van der Waals surface area contributed by atoms with Crippen LogP contribution in [0.25, 0.3) is 23.3 Å². The highest BCUT2D eigenvalue weighted by Crippen LogP contribution is 2.58. The molecule has 6 aliphatic carbocycles. The molecule has 0 bridgehead atoms. The van der Waals surface area contributed by atoms with Crippen LogP contribution in [0.4, 0.5) is 11.4 Å². The van der Waals surface area contributed by atoms with Gasteiger partial charge in [0.2, 0.25) is 0 Å². The molecule has 0 amide bonds. The molecule has 75 heavy (non-hydrogen) atoms. The van der Waals surface area contributed by atoms with Crippen molar-refractivity contribution < 1.29 is 4.74 Å². The third-order valence-electron chi connectivity index (χ3n) is 17.6. The third-order valence-corrected chi connectivity index (χ3v) is 17.6. The Morgan fingerprint density at radius 2 is 1.55 bits per heavy atom. The van der Waals surface area contributed by atoms with Crippen LogP contribution in [0, 0.1) is 17.8 Å². The molecule has 5 unspecified atom stereocenters. The second kappa shape index (κ2) is 21.5. The highest BCUT2D eigenvalue weighted by atomic mass is 16.5. The van der Waals surface area contributed by atoms with Crippen molar-refractivity contribution >= 4 is 23.5 Å². The van der Waals surface area contributed by atoms with E-state index in [0.29, 0.717) is 23.7 Å². The molecule has 0 radical (unpaired) electrons. The first-order valence-electron chi connectivity index (χ1n) is 28.2. The van der Waals surface area contributed by atoms with Crippen molar-refractivity contribution in [2.24, 2.45) is 17.8 Å². The van der Waals surface area contributed by atoms with Gasteiger partial charge < -0.3 is 14.5 Å². The highest BCUT2D eigenvalue weighted by molar-refractivity contribution is 5.86. The molecule has 0 saturated carbocycles. The molecular weight excluding hydrogens is 909 g/mol. The minimum Gasteiger partial charge on any atom is -0.493 e. The van der Waals surface area contributed by atoms with E-state index >= 15 is 0 Å². The molecule has 5 atom stereocenters. The van der Waals surface area contributed by atoms with Gasteiger partial charge in [0.25, 0.3) is 0 Å². The Morgan fingerprint density at radius 1 is 0.747 bits per heavy atom. The number of ether oxygens (including phenoxy) is 1. The lowest BCUT2D eigenvalue weighted by Crippen LogP contribution is -2.30. The van der Waals surface area contributed by atoms with E-state index < -0.39 is 0 Å². The predicted octanol–water partition coefficient (Wildman–Crippen LogP) is 18.9. The van der Waals surface area contributed by atoms with Crippen LogP contribution in [0.15, 0.2) is 241 Å². The van der Waals surface area contributed by atoms with E-state index in [-0.39, 0.29) is 5.41 Å². The molecule has 0 saturated heterocycles. The Kier molecular flexibility index (Phi) is 13.9. The predicted molar refractivity (Wildman–Crippen MR) is 316 cm³/mol. The molecule has 0 aromatic heterocycles. The van der Waals surface area contributed by atoms with Crippen molar-refractivity contribution in [3.8, 4) is 16.9 Å². The molecule has 0 fully saturated rings. The van der Waals surface area contributed by atoms with Gasteiger partial charge in [-0.2, -0.15) is 0 Å². The van der Waals surface area contributed by atoms with Crippen molar-refractivity contribution in [2.75, 3.05) is 16.4 Å². The number of hydrogen-bond donors (Lipinski definition) is 0. The Labute approximate surface area is 447 Å². The number of para-hydroxylation sites is 1. The summed E-state index contributed by atoms with van der Waals surface area (Å²) in [6.45, 7) is 11.0. The topological polar surface area (TPSA) is 15.7 Å². The van der Waals surface area contributed by atoms with Crippen molar-refractivity contribution in [3.05, 3.63) is 269 Å². The van der Waals surface area contributed by atoms with Crippen LogP contribution < -0.4 is 14.5 Å². The van der Waals surface area contributed by atoms with Gasteiger partial charge >= 0.3 is 0 Å². The number of allylic oxidation sites excluding steroid dienone is 15. The van der Waals surface area contributed by atoms with E-state index in [1.165, 1.54) is 67.5 Å². The Morgan fingerprint density at radius 3 is 2.31 bits per heavy atom. The third kappa shape index (κ3) is 9.45. The van der Waals surface area contributed by atoms with Crippen LogP contribution in [0.2, 0.25) is 0 Å². The SMILES string of the molecule is C=Cc1ccc(OCC(C)CCCCC2(C3=CC=CCC3)c3ccccc3-c3ccc(N(C4=CCCC=C4)C4=CC=C(C5C=CC6=C(C5)C5CC(c7ccc(C=C)cc7)CC=C5N6c5ccccc5)CC4)cc32)cc1. The van der Waals surface area contributed by atoms with E-state index in [1.807, 2.05) is 12.2 Å². The maximum Gasteiger partial charge on any atom is 0.119 e. The zero-order valence-corrected chi connectivity index (χ0v) is 44.0. The first-order chi connectivity index (χ1) is 37.0. The normalized spacial score (nSPS) is 22.7. The van der Waals surface area contributed by atoms with E-state index in [9.17, 15) is 0 Å². The average Bonchev–Trinajstić information content (AvgIpc) is 4.08. The van der Waals surface area contributed by atoms with E-state index in [2.05, 4.69) is 218 Å². The van der Waals surface area contributed by atoms with Gasteiger partial charge in [-0.05, 0) is 182 Å². The molecule has 0 spiro atoms. The van der Waals surface area contributed by atoms with Gasteiger partial charge in [0.15, 0.2) is 0 Å². The number of hydrogen-bond acceptors (Lipinski definition) is 3. The number of anilines is 2. The number of benzene rings is 5. The molecule has 12 rings (SSSR count). The Bertz CT molecular complexity index is 3260. The van der Waals surface area contributed by atoms with Crippen LogP contribution in [0.1, 0.15) is 124 Å². The van der Waals surface area contributed by atoms with Gasteiger partial charge in [0, 0.05) is 51.4 Å². The molecule has 376 valence electrons.